The van der Waals surface area contributed by atoms with Crippen molar-refractivity contribution in [2.75, 3.05) is 18.1 Å². The molecule has 0 radical (unpaired) electrons. The van der Waals surface area contributed by atoms with Crippen molar-refractivity contribution >= 4 is 28.7 Å². The van der Waals surface area contributed by atoms with Gasteiger partial charge in [-0.2, -0.15) is 0 Å². The summed E-state index contributed by atoms with van der Waals surface area (Å²) >= 11 is 1.40. The third-order valence-corrected chi connectivity index (χ3v) is 4.55. The quantitative estimate of drug-likeness (QED) is 0.314. The largest absolute Gasteiger partial charge is 0.394 e. The number of fused-ring (bicyclic) bond motifs is 1. The number of hydrogen-bond donors (Lipinski definition) is 5. The normalized spacial score (nSPS) is 28.5. The number of nitrogen functional groups attached to an aromatic ring is 1. The Labute approximate surface area is 141 Å². The van der Waals surface area contributed by atoms with Gasteiger partial charge in [-0.25, -0.2) is 15.0 Å². The van der Waals surface area contributed by atoms with Gasteiger partial charge in [0.05, 0.1) is 12.9 Å². The first-order chi connectivity index (χ1) is 11.5. The van der Waals surface area contributed by atoms with Crippen LogP contribution in [0.5, 0.6) is 0 Å². The standard InChI is InChI=1S/C13H19N5O5S/c1-2-24-13-16-10(14)6-11(17-13)18(4-15-6)12-8(22)7(21)9(23-12)5(20)3-19/h4-5,7-9,12,19-22H,2-3H2,1H3,(H2,14,16,17)/t5-,7-,8-,9-,12-/m1/s1. The molecule has 10 nitrogen and oxygen atoms in total. The van der Waals surface area contributed by atoms with Crippen LogP contribution in [0.15, 0.2) is 11.5 Å². The summed E-state index contributed by atoms with van der Waals surface area (Å²) in [5.74, 6) is 0.958. The monoisotopic (exact) mass is 357 g/mol. The molecule has 0 aliphatic carbocycles. The Morgan fingerprint density at radius 2 is 2.12 bits per heavy atom. The average molecular weight is 357 g/mol. The molecule has 5 atom stereocenters. The number of aromatic nitrogens is 4. The van der Waals surface area contributed by atoms with E-state index < -0.39 is 37.3 Å². The predicted octanol–water partition coefficient (Wildman–Crippen LogP) is -1.51. The van der Waals surface area contributed by atoms with E-state index in [1.54, 1.807) is 0 Å². The van der Waals surface area contributed by atoms with Crippen LogP contribution in [0.3, 0.4) is 0 Å². The van der Waals surface area contributed by atoms with Gasteiger partial charge in [0.2, 0.25) is 0 Å². The van der Waals surface area contributed by atoms with Crippen LogP contribution < -0.4 is 5.73 Å². The number of hydrogen-bond acceptors (Lipinski definition) is 10. The zero-order chi connectivity index (χ0) is 17.4. The molecular formula is C13H19N5O5S. The molecule has 0 bridgehead atoms. The minimum absolute atomic E-state index is 0.203. The van der Waals surface area contributed by atoms with Crippen molar-refractivity contribution in [2.24, 2.45) is 0 Å². The van der Waals surface area contributed by atoms with Crippen LogP contribution in [-0.4, -0.2) is 76.7 Å². The molecule has 132 valence electrons. The fourth-order valence-electron chi connectivity index (χ4n) is 2.63. The fourth-order valence-corrected chi connectivity index (χ4v) is 3.21. The first-order valence-electron chi connectivity index (χ1n) is 7.41. The third-order valence-electron chi connectivity index (χ3n) is 3.82. The van der Waals surface area contributed by atoms with Crippen LogP contribution in [0.1, 0.15) is 13.2 Å². The van der Waals surface area contributed by atoms with E-state index in [9.17, 15) is 15.3 Å². The molecule has 2 aromatic rings. The van der Waals surface area contributed by atoms with Crippen LogP contribution >= 0.6 is 11.8 Å². The Bertz CT molecular complexity index is 728. The summed E-state index contributed by atoms with van der Waals surface area (Å²) in [6.07, 6.45) is -4.78. The van der Waals surface area contributed by atoms with E-state index in [2.05, 4.69) is 15.0 Å². The Kier molecular flexibility index (Phi) is 4.90. The molecule has 24 heavy (non-hydrogen) atoms. The average Bonchev–Trinajstić information content (AvgIpc) is 3.10. The van der Waals surface area contributed by atoms with Crippen molar-refractivity contribution in [1.82, 2.24) is 19.5 Å². The Morgan fingerprint density at radius 3 is 2.79 bits per heavy atom. The van der Waals surface area contributed by atoms with Gasteiger partial charge in [-0.1, -0.05) is 18.7 Å². The highest BCUT2D eigenvalue weighted by atomic mass is 32.2. The SMILES string of the molecule is CCSc1nc(N)c2ncn([C@@H]3O[C@H]([C@H](O)CO)[C@H](O)[C@H]3O)c2n1. The summed E-state index contributed by atoms with van der Waals surface area (Å²) in [5.41, 5.74) is 6.60. The number of nitrogens with two attached hydrogens (primary N) is 1. The second-order valence-corrected chi connectivity index (χ2v) is 6.60. The highest BCUT2D eigenvalue weighted by Gasteiger charge is 2.47. The molecule has 0 aromatic carbocycles. The van der Waals surface area contributed by atoms with E-state index in [1.807, 2.05) is 6.92 Å². The molecule has 1 aliphatic rings. The van der Waals surface area contributed by atoms with Crippen LogP contribution in [-0.2, 0) is 4.74 Å². The maximum Gasteiger partial charge on any atom is 0.191 e. The summed E-state index contributed by atoms with van der Waals surface area (Å²) < 4.78 is 6.97. The van der Waals surface area contributed by atoms with Gasteiger partial charge in [0.25, 0.3) is 0 Å². The van der Waals surface area contributed by atoms with Crippen molar-refractivity contribution in [1.29, 1.82) is 0 Å². The number of aliphatic hydroxyl groups excluding tert-OH is 4. The van der Waals surface area contributed by atoms with Gasteiger partial charge < -0.3 is 30.9 Å². The molecular weight excluding hydrogens is 338 g/mol. The topological polar surface area (TPSA) is 160 Å². The molecule has 0 spiro atoms. The van der Waals surface area contributed by atoms with E-state index in [0.29, 0.717) is 16.3 Å². The van der Waals surface area contributed by atoms with Crippen LogP contribution in [0.25, 0.3) is 11.2 Å². The molecule has 1 fully saturated rings. The van der Waals surface area contributed by atoms with E-state index in [0.717, 1.165) is 5.75 Å². The molecule has 11 heteroatoms. The minimum Gasteiger partial charge on any atom is -0.394 e. The maximum absolute atomic E-state index is 10.2. The number of ether oxygens (including phenoxy) is 1. The van der Waals surface area contributed by atoms with Crippen LogP contribution in [0.4, 0.5) is 5.82 Å². The number of aliphatic hydroxyl groups is 4. The molecule has 0 unspecified atom stereocenters. The second kappa shape index (κ2) is 6.78. The molecule has 0 saturated carbocycles. The Hall–Kier alpha value is -1.50. The number of rotatable bonds is 5. The lowest BCUT2D eigenvalue weighted by Gasteiger charge is -2.18. The molecule has 1 saturated heterocycles. The van der Waals surface area contributed by atoms with Gasteiger partial charge >= 0.3 is 0 Å². The van der Waals surface area contributed by atoms with Crippen molar-refractivity contribution in [3.05, 3.63) is 6.33 Å². The van der Waals surface area contributed by atoms with Crippen molar-refractivity contribution in [2.45, 2.75) is 42.7 Å². The summed E-state index contributed by atoms with van der Waals surface area (Å²) in [4.78, 5) is 12.6. The van der Waals surface area contributed by atoms with Crippen molar-refractivity contribution in [3.63, 3.8) is 0 Å². The van der Waals surface area contributed by atoms with Gasteiger partial charge in [-0.15, -0.1) is 0 Å². The summed E-state index contributed by atoms with van der Waals surface area (Å²) in [6.45, 7) is 1.35. The summed E-state index contributed by atoms with van der Waals surface area (Å²) in [6, 6.07) is 0. The minimum atomic E-state index is -1.36. The zero-order valence-corrected chi connectivity index (χ0v) is 13.7. The van der Waals surface area contributed by atoms with Gasteiger partial charge in [0.15, 0.2) is 22.8 Å². The van der Waals surface area contributed by atoms with Gasteiger partial charge in [-0.05, 0) is 5.75 Å². The van der Waals surface area contributed by atoms with E-state index in [4.69, 9.17) is 15.6 Å². The summed E-state index contributed by atoms with van der Waals surface area (Å²) in [7, 11) is 0. The molecule has 2 aromatic heterocycles. The third kappa shape index (κ3) is 2.83. The smallest absolute Gasteiger partial charge is 0.191 e. The first kappa shape index (κ1) is 17.3. The van der Waals surface area contributed by atoms with Crippen molar-refractivity contribution < 1.29 is 25.2 Å². The summed E-state index contributed by atoms with van der Waals surface area (Å²) in [5, 5.41) is 39.5. The Morgan fingerprint density at radius 1 is 1.38 bits per heavy atom. The van der Waals surface area contributed by atoms with E-state index in [-0.39, 0.29) is 5.82 Å². The predicted molar refractivity (Wildman–Crippen MR) is 85.1 cm³/mol. The highest BCUT2D eigenvalue weighted by Crippen LogP contribution is 2.33. The molecule has 6 N–H and O–H groups in total. The number of anilines is 1. The molecule has 3 heterocycles. The van der Waals surface area contributed by atoms with Gasteiger partial charge in [0, 0.05) is 0 Å². The lowest BCUT2D eigenvalue weighted by molar-refractivity contribution is -0.0962. The molecule has 1 aliphatic heterocycles. The maximum atomic E-state index is 10.2. The zero-order valence-electron chi connectivity index (χ0n) is 12.8. The van der Waals surface area contributed by atoms with E-state index >= 15 is 0 Å². The van der Waals surface area contributed by atoms with Crippen molar-refractivity contribution in [3.8, 4) is 0 Å². The Balaban J connectivity index is 2.00. The number of imidazole rings is 1. The second-order valence-electron chi connectivity index (χ2n) is 5.37. The van der Waals surface area contributed by atoms with Crippen LogP contribution in [0.2, 0.25) is 0 Å². The first-order valence-corrected chi connectivity index (χ1v) is 8.39. The molecule has 0 amide bonds. The fraction of sp³-hybridized carbons (Fsp3) is 0.615. The van der Waals surface area contributed by atoms with Gasteiger partial charge in [-0.3, -0.25) is 4.57 Å². The van der Waals surface area contributed by atoms with Gasteiger partial charge in [0.1, 0.15) is 29.9 Å². The lowest BCUT2D eigenvalue weighted by Crippen LogP contribution is -2.40. The van der Waals surface area contributed by atoms with E-state index in [1.165, 1.54) is 22.7 Å². The van der Waals surface area contributed by atoms with Crippen LogP contribution in [0, 0.1) is 0 Å². The molecule has 3 rings (SSSR count). The number of nitrogens with zero attached hydrogens (tertiary/aromatic N) is 4. The number of thioether (sulfide) groups is 1. The lowest BCUT2D eigenvalue weighted by atomic mass is 10.1. The highest BCUT2D eigenvalue weighted by molar-refractivity contribution is 7.99.